The van der Waals surface area contributed by atoms with Gasteiger partial charge in [-0.25, -0.2) is 0 Å². The third-order valence-electron chi connectivity index (χ3n) is 2.67. The molecule has 0 aliphatic carbocycles. The van der Waals surface area contributed by atoms with Gasteiger partial charge in [-0.2, -0.15) is 0 Å². The minimum absolute atomic E-state index is 0.699. The fraction of sp³-hybridized carbons (Fsp3) is 1.00. The summed E-state index contributed by atoms with van der Waals surface area (Å²) in [5.41, 5.74) is 0. The maximum Gasteiger partial charge on any atom is 0.0692 e. The summed E-state index contributed by atoms with van der Waals surface area (Å²) < 4.78 is 0. The molecule has 0 spiro atoms. The fourth-order valence-corrected chi connectivity index (χ4v) is 10.3. The Morgan fingerprint density at radius 2 is 1.25 bits per heavy atom. The van der Waals surface area contributed by atoms with Crippen molar-refractivity contribution < 1.29 is 0 Å². The second-order valence-corrected chi connectivity index (χ2v) is 15.8. The molecule has 0 amide bonds. The molecule has 0 bridgehead atoms. The quantitative estimate of drug-likeness (QED) is 0.458. The third-order valence-corrected chi connectivity index (χ3v) is 8.85. The first-order chi connectivity index (χ1) is 5.39. The molecule has 2 heteroatoms. The molecule has 0 aliphatic rings. The van der Waals surface area contributed by atoms with Gasteiger partial charge in [-0.15, -0.1) is 8.13 Å². The summed E-state index contributed by atoms with van der Waals surface area (Å²) >= 11 is 0. The van der Waals surface area contributed by atoms with Gasteiger partial charge >= 0.3 is 0 Å². The molecule has 0 aromatic rings. The normalized spacial score (nSPS) is 14.5. The lowest BCUT2D eigenvalue weighted by molar-refractivity contribution is 0.528. The van der Waals surface area contributed by atoms with Crippen LogP contribution in [-0.2, 0) is 0 Å². The highest BCUT2D eigenvalue weighted by Gasteiger charge is 2.30. The van der Waals surface area contributed by atoms with Crippen molar-refractivity contribution in [3.63, 3.8) is 0 Å². The Morgan fingerprint density at radius 3 is 1.33 bits per heavy atom. The maximum absolute atomic E-state index is 2.50. The summed E-state index contributed by atoms with van der Waals surface area (Å²) in [6, 6.07) is 0. The molecule has 1 atom stereocenters. The Bertz CT molecular complexity index is 114. The van der Waals surface area contributed by atoms with Crippen molar-refractivity contribution in [2.45, 2.75) is 64.8 Å². The summed E-state index contributed by atoms with van der Waals surface area (Å²) in [5.74, 6) is 0. The van der Waals surface area contributed by atoms with Gasteiger partial charge in [-0.1, -0.05) is 40.4 Å². The van der Waals surface area contributed by atoms with E-state index in [4.69, 9.17) is 0 Å². The van der Waals surface area contributed by atoms with Crippen molar-refractivity contribution in [2.75, 3.05) is 0 Å². The van der Waals surface area contributed by atoms with Crippen LogP contribution in [0.1, 0.15) is 40.0 Å². The first-order valence-corrected chi connectivity index (χ1v) is 10.7. The lowest BCUT2D eigenvalue weighted by Crippen LogP contribution is -2.28. The average Bonchev–Trinajstić information content (AvgIpc) is 1.99. The zero-order valence-electron chi connectivity index (χ0n) is 9.62. The highest BCUT2D eigenvalue weighted by Crippen LogP contribution is 2.47. The molecule has 1 unspecified atom stereocenters. The van der Waals surface area contributed by atoms with Crippen LogP contribution in [0.3, 0.4) is 0 Å². The first-order valence-electron chi connectivity index (χ1n) is 5.18. The molecule has 0 aromatic heterocycles. The smallest absolute Gasteiger partial charge is 0.0692 e. The van der Waals surface area contributed by atoms with Gasteiger partial charge in [0.1, 0.15) is 0 Å². The van der Waals surface area contributed by atoms with Crippen LogP contribution in [0.25, 0.3) is 0 Å². The Balaban J connectivity index is 4.30. The summed E-state index contributed by atoms with van der Waals surface area (Å²) in [5, 5.41) is 0.699. The van der Waals surface area contributed by atoms with E-state index in [9.17, 15) is 0 Å². The van der Waals surface area contributed by atoms with Crippen molar-refractivity contribution >= 4 is 15.9 Å². The summed E-state index contributed by atoms with van der Waals surface area (Å²) in [6.45, 7) is 14.6. The zero-order chi connectivity index (χ0) is 9.83. The highest BCUT2D eigenvalue weighted by atomic mass is 31.3. The van der Waals surface area contributed by atoms with Gasteiger partial charge in [-0.05, 0) is 24.4 Å². The van der Waals surface area contributed by atoms with E-state index in [1.54, 1.807) is 0 Å². The number of hydrogen-bond donors (Lipinski definition) is 0. The van der Waals surface area contributed by atoms with Gasteiger partial charge in [0.25, 0.3) is 0 Å². The monoisotopic (exact) mass is 204 g/mol. The molecular weight excluding hydrogens is 179 g/mol. The molecule has 0 saturated heterocycles. The molecule has 12 heavy (non-hydrogen) atoms. The Hall–Kier alpha value is 0.647. The molecule has 0 rings (SSSR count). The Labute approximate surface area is 81.2 Å². The van der Waals surface area contributed by atoms with Gasteiger partial charge in [-0.3, -0.25) is 0 Å². The van der Waals surface area contributed by atoms with Crippen molar-refractivity contribution in [3.05, 3.63) is 0 Å². The van der Waals surface area contributed by atoms with Crippen LogP contribution in [0, 0.1) is 0 Å². The van der Waals surface area contributed by atoms with E-state index in [2.05, 4.69) is 40.4 Å². The van der Waals surface area contributed by atoms with Crippen molar-refractivity contribution in [2.24, 2.45) is 0 Å². The van der Waals surface area contributed by atoms with E-state index in [1.807, 2.05) is 0 Å². The molecule has 0 radical (unpaired) electrons. The summed E-state index contributed by atoms with van der Waals surface area (Å²) in [4.78, 5) is 0. The third kappa shape index (κ3) is 4.05. The summed E-state index contributed by atoms with van der Waals surface area (Å²) in [7, 11) is 0.414. The predicted octanol–water partition coefficient (Wildman–Crippen LogP) is 4.47. The molecule has 0 nitrogen and oxygen atoms in total. The molecule has 74 valence electrons. The Morgan fingerprint density at radius 1 is 0.917 bits per heavy atom. The molecule has 0 N–H and O–H groups in total. The van der Waals surface area contributed by atoms with Gasteiger partial charge in [0, 0.05) is 0 Å². The first kappa shape index (κ1) is 12.6. The van der Waals surface area contributed by atoms with Crippen molar-refractivity contribution in [1.82, 2.24) is 0 Å². The van der Waals surface area contributed by atoms with Gasteiger partial charge in [0.05, 0.1) is 7.74 Å². The average molecular weight is 204 g/mol. The van der Waals surface area contributed by atoms with Crippen LogP contribution >= 0.6 is 8.13 Å². The van der Waals surface area contributed by atoms with E-state index in [-0.39, 0.29) is 0 Å². The lowest BCUT2D eigenvalue weighted by atomic mass is 9.99. The molecular formula is C10H25PSi. The number of hydrogen-bond acceptors (Lipinski definition) is 0. The Kier molecular flexibility index (Phi) is 5.02. The largest absolute Gasteiger partial charge is 0.127 e. The maximum atomic E-state index is 2.50. The van der Waals surface area contributed by atoms with Gasteiger partial charge in [0.2, 0.25) is 0 Å². The zero-order valence-corrected chi connectivity index (χ0v) is 11.6. The van der Waals surface area contributed by atoms with E-state index >= 15 is 0 Å². The predicted molar refractivity (Wildman–Crippen MR) is 65.3 cm³/mol. The second-order valence-electron chi connectivity index (χ2n) is 4.72. The van der Waals surface area contributed by atoms with E-state index in [0.717, 1.165) is 0 Å². The van der Waals surface area contributed by atoms with Crippen molar-refractivity contribution in [3.8, 4) is 0 Å². The van der Waals surface area contributed by atoms with Crippen LogP contribution in [0.4, 0.5) is 0 Å². The molecule has 0 aromatic carbocycles. The molecule has 0 aliphatic heterocycles. The van der Waals surface area contributed by atoms with E-state index in [1.165, 1.54) is 27.4 Å². The standard InChI is InChI=1S/C10H25PSi/c1-7-10(8-2,9-3)11-12(4,5)6/h11H,7-9H2,1-6H3. The van der Waals surface area contributed by atoms with Crippen LogP contribution in [0.2, 0.25) is 19.6 Å². The van der Waals surface area contributed by atoms with Crippen LogP contribution < -0.4 is 0 Å². The minimum atomic E-state index is -0.828. The minimum Gasteiger partial charge on any atom is -0.127 e. The summed E-state index contributed by atoms with van der Waals surface area (Å²) in [6.07, 6.45) is 4.13. The van der Waals surface area contributed by atoms with Crippen LogP contribution in [0.5, 0.6) is 0 Å². The highest BCUT2D eigenvalue weighted by molar-refractivity contribution is 7.82. The molecule has 0 saturated carbocycles. The molecule has 0 heterocycles. The van der Waals surface area contributed by atoms with Crippen LogP contribution in [-0.4, -0.2) is 12.9 Å². The SMILES string of the molecule is CCC(CC)(CC)P[Si](C)(C)C. The van der Waals surface area contributed by atoms with Gasteiger partial charge in [0.15, 0.2) is 0 Å². The molecule has 0 fully saturated rings. The lowest BCUT2D eigenvalue weighted by Gasteiger charge is -2.36. The second kappa shape index (κ2) is 4.76. The van der Waals surface area contributed by atoms with Crippen LogP contribution in [0.15, 0.2) is 0 Å². The van der Waals surface area contributed by atoms with Gasteiger partial charge < -0.3 is 0 Å². The fourth-order valence-electron chi connectivity index (χ4n) is 1.81. The van der Waals surface area contributed by atoms with Crippen molar-refractivity contribution in [1.29, 1.82) is 0 Å². The topological polar surface area (TPSA) is 0 Å². The number of rotatable bonds is 5. The van der Waals surface area contributed by atoms with E-state index < -0.39 is 7.74 Å². The van der Waals surface area contributed by atoms with E-state index in [0.29, 0.717) is 5.16 Å².